The van der Waals surface area contributed by atoms with Gasteiger partial charge in [0.25, 0.3) is 5.91 Å². The van der Waals surface area contributed by atoms with E-state index in [-0.39, 0.29) is 5.91 Å². The zero-order valence-electron chi connectivity index (χ0n) is 10.2. The minimum atomic E-state index is -0.119. The Bertz CT molecular complexity index is 405. The highest BCUT2D eigenvalue weighted by atomic mass is 16.5. The van der Waals surface area contributed by atoms with Crippen LogP contribution in [0.2, 0.25) is 0 Å². The fourth-order valence-electron chi connectivity index (χ4n) is 1.97. The third-order valence-electron chi connectivity index (χ3n) is 2.95. The number of hydrazine groups is 1. The number of carbonyl (C=O) groups excluding carboxylic acids is 1. The van der Waals surface area contributed by atoms with E-state index in [0.717, 1.165) is 25.9 Å². The lowest BCUT2D eigenvalue weighted by atomic mass is 10.2. The molecular weight excluding hydrogens is 232 g/mol. The Morgan fingerprint density at radius 3 is 3.22 bits per heavy atom. The Labute approximate surface area is 106 Å². The lowest BCUT2D eigenvalue weighted by Gasteiger charge is -2.10. The summed E-state index contributed by atoms with van der Waals surface area (Å²) in [6.07, 6.45) is 4.91. The molecular formula is C12H18N4O2. The second kappa shape index (κ2) is 6.32. The van der Waals surface area contributed by atoms with E-state index < -0.39 is 0 Å². The van der Waals surface area contributed by atoms with Crippen molar-refractivity contribution in [1.29, 1.82) is 0 Å². The van der Waals surface area contributed by atoms with Crippen molar-refractivity contribution < 1.29 is 9.53 Å². The van der Waals surface area contributed by atoms with Gasteiger partial charge in [-0.15, -0.1) is 0 Å². The number of amides is 1. The summed E-state index contributed by atoms with van der Waals surface area (Å²) >= 11 is 0. The molecule has 1 atom stereocenters. The number of pyridine rings is 1. The van der Waals surface area contributed by atoms with Crippen molar-refractivity contribution >= 4 is 11.7 Å². The SMILES string of the molecule is NNc1cc(C(=O)NCCC2CCCO2)ccn1. The molecule has 0 saturated carbocycles. The Balaban J connectivity index is 1.79. The number of ether oxygens (including phenoxy) is 1. The average molecular weight is 250 g/mol. The first kappa shape index (κ1) is 12.8. The number of nitrogens with two attached hydrogens (primary N) is 1. The average Bonchev–Trinajstić information content (AvgIpc) is 2.92. The largest absolute Gasteiger partial charge is 0.378 e. The number of nitrogen functional groups attached to an aromatic ring is 1. The molecule has 0 aromatic carbocycles. The van der Waals surface area contributed by atoms with Gasteiger partial charge in [0.2, 0.25) is 0 Å². The Hall–Kier alpha value is -1.66. The summed E-state index contributed by atoms with van der Waals surface area (Å²) in [5.41, 5.74) is 2.96. The fraction of sp³-hybridized carbons (Fsp3) is 0.500. The number of anilines is 1. The van der Waals surface area contributed by atoms with E-state index in [9.17, 15) is 4.79 Å². The second-order valence-corrected chi connectivity index (χ2v) is 4.25. The van der Waals surface area contributed by atoms with Crippen molar-refractivity contribution in [2.24, 2.45) is 5.84 Å². The number of carbonyl (C=O) groups is 1. The Morgan fingerprint density at radius 2 is 2.50 bits per heavy atom. The van der Waals surface area contributed by atoms with E-state index >= 15 is 0 Å². The van der Waals surface area contributed by atoms with Gasteiger partial charge in [-0.25, -0.2) is 10.8 Å². The summed E-state index contributed by atoms with van der Waals surface area (Å²) < 4.78 is 5.49. The van der Waals surface area contributed by atoms with Crippen LogP contribution in [0.15, 0.2) is 18.3 Å². The highest BCUT2D eigenvalue weighted by Crippen LogP contribution is 2.14. The topological polar surface area (TPSA) is 89.3 Å². The summed E-state index contributed by atoms with van der Waals surface area (Å²) in [6, 6.07) is 3.27. The van der Waals surface area contributed by atoms with Crippen LogP contribution in [0.3, 0.4) is 0 Å². The molecule has 1 unspecified atom stereocenters. The lowest BCUT2D eigenvalue weighted by Crippen LogP contribution is -2.27. The molecule has 1 aromatic heterocycles. The van der Waals surface area contributed by atoms with E-state index in [4.69, 9.17) is 10.6 Å². The standard InChI is InChI=1S/C12H18N4O2/c13-16-11-8-9(3-5-14-11)12(17)15-6-4-10-2-1-7-18-10/h3,5,8,10H,1-2,4,6-7,13H2,(H,14,16)(H,15,17). The first-order valence-electron chi connectivity index (χ1n) is 6.12. The molecule has 0 aliphatic carbocycles. The summed E-state index contributed by atoms with van der Waals surface area (Å²) in [5.74, 6) is 5.60. The quantitative estimate of drug-likeness (QED) is 0.528. The van der Waals surface area contributed by atoms with Crippen molar-refractivity contribution in [3.05, 3.63) is 23.9 Å². The normalized spacial score (nSPS) is 18.6. The maximum absolute atomic E-state index is 11.8. The summed E-state index contributed by atoms with van der Waals surface area (Å²) in [7, 11) is 0. The molecule has 1 aliphatic rings. The number of aromatic nitrogens is 1. The van der Waals surface area contributed by atoms with Gasteiger partial charge in [0.05, 0.1) is 6.10 Å². The van der Waals surface area contributed by atoms with Gasteiger partial charge < -0.3 is 15.5 Å². The Kier molecular flexibility index (Phi) is 4.49. The molecule has 18 heavy (non-hydrogen) atoms. The van der Waals surface area contributed by atoms with Crippen LogP contribution in [-0.2, 0) is 4.74 Å². The van der Waals surface area contributed by atoms with Crippen LogP contribution in [0, 0.1) is 0 Å². The highest BCUT2D eigenvalue weighted by molar-refractivity contribution is 5.94. The number of hydrogen-bond acceptors (Lipinski definition) is 5. The van der Waals surface area contributed by atoms with Gasteiger partial charge in [0.1, 0.15) is 5.82 Å². The van der Waals surface area contributed by atoms with Crippen LogP contribution in [0.5, 0.6) is 0 Å². The van der Waals surface area contributed by atoms with Crippen molar-refractivity contribution in [1.82, 2.24) is 10.3 Å². The molecule has 0 spiro atoms. The van der Waals surface area contributed by atoms with Crippen molar-refractivity contribution in [2.75, 3.05) is 18.6 Å². The van der Waals surface area contributed by atoms with E-state index in [0.29, 0.717) is 24.0 Å². The minimum absolute atomic E-state index is 0.119. The van der Waals surface area contributed by atoms with Crippen LogP contribution < -0.4 is 16.6 Å². The van der Waals surface area contributed by atoms with Crippen LogP contribution in [0.4, 0.5) is 5.82 Å². The van der Waals surface area contributed by atoms with E-state index in [1.54, 1.807) is 18.3 Å². The molecule has 6 nitrogen and oxygen atoms in total. The van der Waals surface area contributed by atoms with Gasteiger partial charge in [-0.2, -0.15) is 0 Å². The fourth-order valence-corrected chi connectivity index (χ4v) is 1.97. The molecule has 1 saturated heterocycles. The molecule has 1 fully saturated rings. The number of hydrogen-bond donors (Lipinski definition) is 3. The molecule has 6 heteroatoms. The van der Waals surface area contributed by atoms with E-state index in [1.807, 2.05) is 0 Å². The lowest BCUT2D eigenvalue weighted by molar-refractivity contribution is 0.0907. The van der Waals surface area contributed by atoms with Crippen LogP contribution >= 0.6 is 0 Å². The molecule has 2 rings (SSSR count). The molecule has 2 heterocycles. The van der Waals surface area contributed by atoms with Gasteiger partial charge >= 0.3 is 0 Å². The molecule has 0 bridgehead atoms. The molecule has 1 aliphatic heterocycles. The first-order valence-corrected chi connectivity index (χ1v) is 6.12. The first-order chi connectivity index (χ1) is 8.79. The van der Waals surface area contributed by atoms with Gasteiger partial charge in [-0.3, -0.25) is 4.79 Å². The Morgan fingerprint density at radius 1 is 1.61 bits per heavy atom. The van der Waals surface area contributed by atoms with Gasteiger partial charge in [0, 0.05) is 24.9 Å². The van der Waals surface area contributed by atoms with Crippen LogP contribution in [0.25, 0.3) is 0 Å². The third kappa shape index (κ3) is 3.41. The van der Waals surface area contributed by atoms with E-state index in [2.05, 4.69) is 15.7 Å². The molecule has 4 N–H and O–H groups in total. The van der Waals surface area contributed by atoms with Gasteiger partial charge in [-0.1, -0.05) is 0 Å². The molecule has 1 amide bonds. The molecule has 0 radical (unpaired) electrons. The minimum Gasteiger partial charge on any atom is -0.378 e. The van der Waals surface area contributed by atoms with Crippen molar-refractivity contribution in [3.63, 3.8) is 0 Å². The zero-order valence-corrected chi connectivity index (χ0v) is 10.2. The van der Waals surface area contributed by atoms with E-state index in [1.165, 1.54) is 0 Å². The third-order valence-corrected chi connectivity index (χ3v) is 2.95. The predicted molar refractivity (Wildman–Crippen MR) is 68.0 cm³/mol. The zero-order chi connectivity index (χ0) is 12.8. The number of nitrogens with zero attached hydrogens (tertiary/aromatic N) is 1. The molecule has 1 aromatic rings. The predicted octanol–water partition coefficient (Wildman–Crippen LogP) is 0.666. The smallest absolute Gasteiger partial charge is 0.251 e. The van der Waals surface area contributed by atoms with Crippen LogP contribution in [-0.4, -0.2) is 30.1 Å². The monoisotopic (exact) mass is 250 g/mol. The summed E-state index contributed by atoms with van der Waals surface area (Å²) in [4.78, 5) is 15.8. The number of nitrogens with one attached hydrogen (secondary N) is 2. The van der Waals surface area contributed by atoms with Gasteiger partial charge in [-0.05, 0) is 31.4 Å². The summed E-state index contributed by atoms with van der Waals surface area (Å²) in [6.45, 7) is 1.46. The second-order valence-electron chi connectivity index (χ2n) is 4.25. The van der Waals surface area contributed by atoms with Gasteiger partial charge in [0.15, 0.2) is 0 Å². The maximum atomic E-state index is 11.8. The molecule has 98 valence electrons. The highest BCUT2D eigenvalue weighted by Gasteiger charge is 2.15. The van der Waals surface area contributed by atoms with Crippen LogP contribution in [0.1, 0.15) is 29.6 Å². The summed E-state index contributed by atoms with van der Waals surface area (Å²) in [5, 5.41) is 2.86. The van der Waals surface area contributed by atoms with Crippen molar-refractivity contribution in [3.8, 4) is 0 Å². The maximum Gasteiger partial charge on any atom is 0.251 e. The number of rotatable bonds is 5. The van der Waals surface area contributed by atoms with Crippen molar-refractivity contribution in [2.45, 2.75) is 25.4 Å².